The van der Waals surface area contributed by atoms with E-state index in [1.165, 1.54) is 23.7 Å². The van der Waals surface area contributed by atoms with Gasteiger partial charge < -0.3 is 13.9 Å². The molecule has 5 nitrogen and oxygen atoms in total. The summed E-state index contributed by atoms with van der Waals surface area (Å²) in [5.41, 5.74) is 4.66. The predicted octanol–water partition coefficient (Wildman–Crippen LogP) is 4.82. The fourth-order valence-electron chi connectivity index (χ4n) is 4.05. The van der Waals surface area contributed by atoms with Gasteiger partial charge in [-0.15, -0.1) is 0 Å². The molecule has 5 heteroatoms. The van der Waals surface area contributed by atoms with Crippen molar-refractivity contribution in [2.45, 2.75) is 26.3 Å². The van der Waals surface area contributed by atoms with Crippen LogP contribution in [0.2, 0.25) is 0 Å². The lowest BCUT2D eigenvalue weighted by Crippen LogP contribution is -2.04. The molecule has 2 aromatic carbocycles. The van der Waals surface area contributed by atoms with Crippen LogP contribution in [0.1, 0.15) is 30.1 Å². The van der Waals surface area contributed by atoms with Gasteiger partial charge in [0.1, 0.15) is 11.3 Å². The molecule has 0 bridgehead atoms. The average Bonchev–Trinajstić information content (AvgIpc) is 3.36. The number of rotatable bonds is 5. The maximum absolute atomic E-state index is 11.9. The average molecular weight is 373 g/mol. The quantitative estimate of drug-likeness (QED) is 0.472. The Morgan fingerprint density at radius 1 is 1.21 bits per heavy atom. The number of Topliss-reactive ketones (excluding diaryl/α,β-unsaturated/α-hetero) is 1. The third kappa shape index (κ3) is 2.61. The summed E-state index contributed by atoms with van der Waals surface area (Å²) in [7, 11) is 3.65. The molecule has 0 spiro atoms. The first-order valence-electron chi connectivity index (χ1n) is 9.71. The van der Waals surface area contributed by atoms with Crippen LogP contribution in [0.5, 0.6) is 5.75 Å². The first kappa shape index (κ1) is 17.0. The molecule has 1 aliphatic carbocycles. The summed E-state index contributed by atoms with van der Waals surface area (Å²) >= 11 is 0. The molecular formula is C23H23N3O2. The Bertz CT molecular complexity index is 1230. The summed E-state index contributed by atoms with van der Waals surface area (Å²) < 4.78 is 10.1. The fraction of sp³-hybridized carbons (Fsp3) is 0.304. The van der Waals surface area contributed by atoms with Crippen LogP contribution < -0.4 is 4.74 Å². The molecule has 28 heavy (non-hydrogen) atoms. The van der Waals surface area contributed by atoms with Gasteiger partial charge in [0.15, 0.2) is 11.6 Å². The molecular weight excluding hydrogens is 350 g/mol. The van der Waals surface area contributed by atoms with Gasteiger partial charge in [-0.25, -0.2) is 4.98 Å². The van der Waals surface area contributed by atoms with Gasteiger partial charge in [0.2, 0.25) is 0 Å². The van der Waals surface area contributed by atoms with E-state index in [9.17, 15) is 4.79 Å². The van der Waals surface area contributed by atoms with Crippen molar-refractivity contribution in [3.8, 4) is 17.3 Å². The van der Waals surface area contributed by atoms with Crippen LogP contribution in [0, 0.1) is 5.92 Å². The minimum atomic E-state index is 0.00949. The summed E-state index contributed by atoms with van der Waals surface area (Å²) in [6.07, 6.45) is 2.59. The topological polar surface area (TPSA) is 49.0 Å². The van der Waals surface area contributed by atoms with Crippen LogP contribution in [0.3, 0.4) is 0 Å². The summed E-state index contributed by atoms with van der Waals surface area (Å²) in [5, 5.41) is 1.22. The van der Waals surface area contributed by atoms with Gasteiger partial charge in [-0.1, -0.05) is 18.2 Å². The number of para-hydroxylation sites is 1. The highest BCUT2D eigenvalue weighted by Gasteiger charge is 2.26. The number of nitrogens with zero attached hydrogens (tertiary/aromatic N) is 3. The van der Waals surface area contributed by atoms with Gasteiger partial charge in [-0.05, 0) is 49.9 Å². The Hall–Kier alpha value is -3.08. The number of benzene rings is 2. The van der Waals surface area contributed by atoms with E-state index in [0.29, 0.717) is 11.3 Å². The van der Waals surface area contributed by atoms with Gasteiger partial charge in [-0.3, -0.25) is 4.79 Å². The van der Waals surface area contributed by atoms with Crippen LogP contribution in [0.25, 0.3) is 33.5 Å². The summed E-state index contributed by atoms with van der Waals surface area (Å²) in [4.78, 5) is 16.9. The van der Waals surface area contributed by atoms with Gasteiger partial charge in [-0.2, -0.15) is 0 Å². The lowest BCUT2D eigenvalue weighted by molar-refractivity contribution is 0.101. The molecule has 0 atom stereocenters. The maximum atomic E-state index is 11.9. The van der Waals surface area contributed by atoms with Crippen molar-refractivity contribution >= 4 is 27.7 Å². The Labute approximate surface area is 163 Å². The van der Waals surface area contributed by atoms with E-state index >= 15 is 0 Å². The Balaban J connectivity index is 1.77. The number of imidazole rings is 1. The highest BCUT2D eigenvalue weighted by molar-refractivity contribution is 6.00. The molecule has 2 aromatic heterocycles. The number of carbonyl (C=O) groups is 1. The van der Waals surface area contributed by atoms with Gasteiger partial charge in [0, 0.05) is 30.1 Å². The summed E-state index contributed by atoms with van der Waals surface area (Å²) in [6.45, 7) is 2.58. The third-order valence-electron chi connectivity index (χ3n) is 5.74. The maximum Gasteiger partial charge on any atom is 0.160 e. The first-order valence-corrected chi connectivity index (χ1v) is 9.71. The van der Waals surface area contributed by atoms with E-state index in [1.807, 2.05) is 13.1 Å². The van der Waals surface area contributed by atoms with Crippen molar-refractivity contribution in [3.63, 3.8) is 0 Å². The van der Waals surface area contributed by atoms with Crippen LogP contribution in [-0.2, 0) is 13.6 Å². The lowest BCUT2D eigenvalue weighted by Gasteiger charge is -2.11. The number of carbonyl (C=O) groups excluding carboxylic acids is 1. The smallest absolute Gasteiger partial charge is 0.160 e. The Morgan fingerprint density at radius 3 is 2.71 bits per heavy atom. The second kappa shape index (κ2) is 6.23. The Morgan fingerprint density at radius 2 is 2.00 bits per heavy atom. The molecule has 0 unspecified atom stereocenters. The molecule has 1 saturated carbocycles. The number of aromatic nitrogens is 3. The SMILES string of the molecule is COc1cc(C(C)=O)cc2nc(-c3cc4ccccc4n3CC3CC3)n(C)c12. The number of methoxy groups -OCH3 is 1. The predicted molar refractivity (Wildman–Crippen MR) is 111 cm³/mol. The van der Waals surface area contributed by atoms with Crippen LogP contribution in [0.15, 0.2) is 42.5 Å². The van der Waals surface area contributed by atoms with Gasteiger partial charge in [0.25, 0.3) is 0 Å². The van der Waals surface area contributed by atoms with Crippen LogP contribution in [0.4, 0.5) is 0 Å². The second-order valence-electron chi connectivity index (χ2n) is 7.74. The normalized spacial score (nSPS) is 14.1. The molecule has 2 heterocycles. The number of fused-ring (bicyclic) bond motifs is 2. The molecule has 0 saturated heterocycles. The zero-order valence-electron chi connectivity index (χ0n) is 16.4. The van der Waals surface area contributed by atoms with Crippen molar-refractivity contribution < 1.29 is 9.53 Å². The number of ether oxygens (including phenoxy) is 1. The van der Waals surface area contributed by atoms with Crippen molar-refractivity contribution in [2.75, 3.05) is 7.11 Å². The highest BCUT2D eigenvalue weighted by Crippen LogP contribution is 2.37. The molecule has 0 amide bonds. The molecule has 4 aromatic rings. The van der Waals surface area contributed by atoms with E-state index in [0.717, 1.165) is 35.0 Å². The molecule has 142 valence electrons. The third-order valence-corrected chi connectivity index (χ3v) is 5.74. The molecule has 0 radical (unpaired) electrons. The minimum Gasteiger partial charge on any atom is -0.494 e. The number of hydrogen-bond acceptors (Lipinski definition) is 3. The minimum absolute atomic E-state index is 0.00949. The summed E-state index contributed by atoms with van der Waals surface area (Å²) in [6, 6.07) is 14.4. The second-order valence-corrected chi connectivity index (χ2v) is 7.74. The van der Waals surface area contributed by atoms with E-state index in [2.05, 4.69) is 39.5 Å². The highest BCUT2D eigenvalue weighted by atomic mass is 16.5. The van der Waals surface area contributed by atoms with Crippen molar-refractivity contribution in [3.05, 3.63) is 48.0 Å². The van der Waals surface area contributed by atoms with Crippen LogP contribution >= 0.6 is 0 Å². The zero-order chi connectivity index (χ0) is 19.4. The van der Waals surface area contributed by atoms with Gasteiger partial charge >= 0.3 is 0 Å². The van der Waals surface area contributed by atoms with E-state index in [-0.39, 0.29) is 5.78 Å². The summed E-state index contributed by atoms with van der Waals surface area (Å²) in [5.74, 6) is 2.33. The number of aryl methyl sites for hydroxylation is 1. The van der Waals surface area contributed by atoms with Crippen molar-refractivity contribution in [1.29, 1.82) is 0 Å². The van der Waals surface area contributed by atoms with Gasteiger partial charge in [0.05, 0.1) is 18.3 Å². The van der Waals surface area contributed by atoms with Crippen molar-refractivity contribution in [1.82, 2.24) is 14.1 Å². The largest absolute Gasteiger partial charge is 0.494 e. The fourth-order valence-corrected chi connectivity index (χ4v) is 4.05. The standard InChI is InChI=1S/C23H23N3O2/c1-14(27)17-10-18-22(21(12-17)28-3)25(2)23(24-18)20-11-16-6-4-5-7-19(16)26(20)13-15-8-9-15/h4-7,10-12,15H,8-9,13H2,1-3H3. The molecule has 0 aliphatic heterocycles. The Kier molecular flexibility index (Phi) is 3.79. The molecule has 1 aliphatic rings. The monoisotopic (exact) mass is 373 g/mol. The molecule has 0 N–H and O–H groups in total. The van der Waals surface area contributed by atoms with E-state index in [1.54, 1.807) is 20.1 Å². The van der Waals surface area contributed by atoms with E-state index < -0.39 is 0 Å². The van der Waals surface area contributed by atoms with E-state index in [4.69, 9.17) is 9.72 Å². The number of ketones is 1. The zero-order valence-corrected chi connectivity index (χ0v) is 16.4. The van der Waals surface area contributed by atoms with Crippen molar-refractivity contribution in [2.24, 2.45) is 13.0 Å². The molecule has 1 fully saturated rings. The first-order chi connectivity index (χ1) is 13.6. The molecule has 5 rings (SSSR count). The number of hydrogen-bond donors (Lipinski definition) is 0. The lowest BCUT2D eigenvalue weighted by atomic mass is 10.1. The van der Waals surface area contributed by atoms with Crippen LogP contribution in [-0.4, -0.2) is 27.0 Å².